The first-order valence-corrected chi connectivity index (χ1v) is 6.80. The molecule has 0 aromatic heterocycles. The van der Waals surface area contributed by atoms with E-state index in [1.165, 1.54) is 0 Å². The van der Waals surface area contributed by atoms with E-state index in [0.29, 0.717) is 19.8 Å². The van der Waals surface area contributed by atoms with Crippen molar-refractivity contribution in [3.05, 3.63) is 35.9 Å². The molecule has 1 aromatic carbocycles. The summed E-state index contributed by atoms with van der Waals surface area (Å²) in [7, 11) is 1.83. The molecule has 1 rings (SSSR count). The molecule has 0 bridgehead atoms. The van der Waals surface area contributed by atoms with Gasteiger partial charge in [0.25, 0.3) is 0 Å². The summed E-state index contributed by atoms with van der Waals surface area (Å²) in [5.74, 6) is 0. The molecule has 0 spiro atoms. The van der Waals surface area contributed by atoms with Crippen LogP contribution in [0.15, 0.2) is 30.3 Å². The Hall–Kier alpha value is -0.940. The lowest BCUT2D eigenvalue weighted by atomic mass is 9.92. The molecule has 0 heterocycles. The normalized spacial score (nSPS) is 14.3. The summed E-state index contributed by atoms with van der Waals surface area (Å²) in [6, 6.07) is 9.86. The Labute approximate surface area is 115 Å². The zero-order valence-corrected chi connectivity index (χ0v) is 11.9. The number of nitrogens with one attached hydrogen (secondary N) is 1. The van der Waals surface area contributed by atoms with Gasteiger partial charge >= 0.3 is 0 Å². The van der Waals surface area contributed by atoms with E-state index in [1.807, 2.05) is 37.4 Å². The van der Waals surface area contributed by atoms with E-state index in [4.69, 9.17) is 9.47 Å². The molecule has 0 radical (unpaired) electrons. The predicted molar refractivity (Wildman–Crippen MR) is 76.2 cm³/mol. The van der Waals surface area contributed by atoms with Gasteiger partial charge in [0.2, 0.25) is 0 Å². The number of aliphatic hydroxyl groups is 1. The van der Waals surface area contributed by atoms with Gasteiger partial charge in [-0.1, -0.05) is 37.3 Å². The maximum absolute atomic E-state index is 9.70. The summed E-state index contributed by atoms with van der Waals surface area (Å²) in [6.45, 7) is 4.38. The monoisotopic (exact) mass is 267 g/mol. The number of rotatable bonds is 10. The van der Waals surface area contributed by atoms with Gasteiger partial charge in [-0.3, -0.25) is 0 Å². The SMILES string of the molecule is CCCOCCOCC(CO)(NC)c1ccccc1. The molecule has 0 saturated heterocycles. The van der Waals surface area contributed by atoms with Gasteiger partial charge in [0.15, 0.2) is 0 Å². The van der Waals surface area contributed by atoms with E-state index >= 15 is 0 Å². The van der Waals surface area contributed by atoms with Crippen molar-refractivity contribution in [2.75, 3.05) is 40.1 Å². The summed E-state index contributed by atoms with van der Waals surface area (Å²) >= 11 is 0. The second kappa shape index (κ2) is 9.04. The lowest BCUT2D eigenvalue weighted by Crippen LogP contribution is -2.47. The van der Waals surface area contributed by atoms with E-state index in [-0.39, 0.29) is 6.61 Å². The van der Waals surface area contributed by atoms with Crippen LogP contribution in [0, 0.1) is 0 Å². The lowest BCUT2D eigenvalue weighted by molar-refractivity contribution is 0.00392. The highest BCUT2D eigenvalue weighted by Gasteiger charge is 2.29. The van der Waals surface area contributed by atoms with Crippen LogP contribution in [-0.2, 0) is 15.0 Å². The summed E-state index contributed by atoms with van der Waals surface area (Å²) in [4.78, 5) is 0. The van der Waals surface area contributed by atoms with E-state index in [9.17, 15) is 5.11 Å². The number of ether oxygens (including phenoxy) is 2. The molecule has 1 unspecified atom stereocenters. The summed E-state index contributed by atoms with van der Waals surface area (Å²) in [5.41, 5.74) is 0.473. The molecule has 0 aliphatic carbocycles. The molecule has 108 valence electrons. The maximum atomic E-state index is 9.70. The highest BCUT2D eigenvalue weighted by atomic mass is 16.5. The topological polar surface area (TPSA) is 50.7 Å². The van der Waals surface area contributed by atoms with Crippen LogP contribution in [0.25, 0.3) is 0 Å². The number of benzene rings is 1. The van der Waals surface area contributed by atoms with Gasteiger partial charge in [-0.05, 0) is 19.0 Å². The first-order valence-electron chi connectivity index (χ1n) is 6.80. The van der Waals surface area contributed by atoms with Crippen LogP contribution in [0.4, 0.5) is 0 Å². The van der Waals surface area contributed by atoms with Crippen LogP contribution in [0.2, 0.25) is 0 Å². The predicted octanol–water partition coefficient (Wildman–Crippen LogP) is 1.54. The van der Waals surface area contributed by atoms with E-state index in [2.05, 4.69) is 12.2 Å². The minimum Gasteiger partial charge on any atom is -0.394 e. The second-order valence-electron chi connectivity index (χ2n) is 4.52. The Morgan fingerprint density at radius 2 is 1.79 bits per heavy atom. The molecule has 0 saturated carbocycles. The molecular formula is C15H25NO3. The van der Waals surface area contributed by atoms with E-state index < -0.39 is 5.54 Å². The Kier molecular flexibility index (Phi) is 7.67. The van der Waals surface area contributed by atoms with Crippen LogP contribution < -0.4 is 5.32 Å². The molecule has 0 amide bonds. The van der Waals surface area contributed by atoms with Crippen LogP contribution in [0.3, 0.4) is 0 Å². The third-order valence-corrected chi connectivity index (χ3v) is 3.14. The van der Waals surface area contributed by atoms with Crippen molar-refractivity contribution in [3.8, 4) is 0 Å². The smallest absolute Gasteiger partial charge is 0.0903 e. The third-order valence-electron chi connectivity index (χ3n) is 3.14. The highest BCUT2D eigenvalue weighted by Crippen LogP contribution is 2.20. The molecule has 1 aromatic rings. The highest BCUT2D eigenvalue weighted by molar-refractivity contribution is 5.24. The molecular weight excluding hydrogens is 242 g/mol. The van der Waals surface area contributed by atoms with Crippen LogP contribution >= 0.6 is 0 Å². The largest absolute Gasteiger partial charge is 0.394 e. The average molecular weight is 267 g/mol. The van der Waals surface area contributed by atoms with Crippen LogP contribution in [0.1, 0.15) is 18.9 Å². The minimum absolute atomic E-state index is 0.0106. The van der Waals surface area contributed by atoms with Gasteiger partial charge in [-0.15, -0.1) is 0 Å². The molecule has 0 fully saturated rings. The molecule has 19 heavy (non-hydrogen) atoms. The average Bonchev–Trinajstić information content (AvgIpc) is 2.48. The van der Waals surface area contributed by atoms with Gasteiger partial charge in [0.05, 0.1) is 32.0 Å². The van der Waals surface area contributed by atoms with Gasteiger partial charge in [-0.25, -0.2) is 0 Å². The fourth-order valence-electron chi connectivity index (χ4n) is 1.88. The number of aliphatic hydroxyl groups excluding tert-OH is 1. The van der Waals surface area contributed by atoms with Crippen molar-refractivity contribution in [3.63, 3.8) is 0 Å². The lowest BCUT2D eigenvalue weighted by Gasteiger charge is -2.32. The number of hydrogen-bond acceptors (Lipinski definition) is 4. The molecule has 4 heteroatoms. The van der Waals surface area contributed by atoms with Crippen molar-refractivity contribution in [2.24, 2.45) is 0 Å². The van der Waals surface area contributed by atoms with E-state index in [0.717, 1.165) is 18.6 Å². The third kappa shape index (κ3) is 4.91. The zero-order chi connectivity index (χ0) is 14.0. The van der Waals surface area contributed by atoms with Crippen molar-refractivity contribution in [1.82, 2.24) is 5.32 Å². The first-order chi connectivity index (χ1) is 9.29. The maximum Gasteiger partial charge on any atom is 0.0903 e. The van der Waals surface area contributed by atoms with Crippen molar-refractivity contribution >= 4 is 0 Å². The van der Waals surface area contributed by atoms with Gasteiger partial charge in [0, 0.05) is 6.61 Å². The number of likely N-dealkylation sites (N-methyl/N-ethyl adjacent to an activating group) is 1. The van der Waals surface area contributed by atoms with Crippen LogP contribution in [0.5, 0.6) is 0 Å². The second-order valence-corrected chi connectivity index (χ2v) is 4.52. The van der Waals surface area contributed by atoms with Crippen LogP contribution in [-0.4, -0.2) is 45.2 Å². The molecule has 0 aliphatic rings. The Balaban J connectivity index is 2.48. The number of hydrogen-bond donors (Lipinski definition) is 2. The summed E-state index contributed by atoms with van der Waals surface area (Å²) < 4.78 is 11.0. The first kappa shape index (κ1) is 16.1. The van der Waals surface area contributed by atoms with Gasteiger partial charge in [0.1, 0.15) is 0 Å². The van der Waals surface area contributed by atoms with Crippen molar-refractivity contribution in [1.29, 1.82) is 0 Å². The minimum atomic E-state index is -0.550. The van der Waals surface area contributed by atoms with Crippen molar-refractivity contribution < 1.29 is 14.6 Å². The molecule has 0 aliphatic heterocycles. The zero-order valence-electron chi connectivity index (χ0n) is 11.9. The summed E-state index contributed by atoms with van der Waals surface area (Å²) in [5, 5.41) is 12.9. The fraction of sp³-hybridized carbons (Fsp3) is 0.600. The Morgan fingerprint density at radius 1 is 1.11 bits per heavy atom. The van der Waals surface area contributed by atoms with Gasteiger partial charge < -0.3 is 19.9 Å². The molecule has 4 nitrogen and oxygen atoms in total. The Morgan fingerprint density at radius 3 is 2.37 bits per heavy atom. The van der Waals surface area contributed by atoms with E-state index in [1.54, 1.807) is 0 Å². The Bertz CT molecular complexity index is 325. The standard InChI is InChI=1S/C15H25NO3/c1-3-9-18-10-11-19-13-15(12-17,16-2)14-7-5-4-6-8-14/h4-8,16-17H,3,9-13H2,1-2H3. The molecule has 2 N–H and O–H groups in total. The molecule has 1 atom stereocenters. The fourth-order valence-corrected chi connectivity index (χ4v) is 1.88. The van der Waals surface area contributed by atoms with Gasteiger partial charge in [-0.2, -0.15) is 0 Å². The quantitative estimate of drug-likeness (QED) is 0.631. The summed E-state index contributed by atoms with van der Waals surface area (Å²) in [6.07, 6.45) is 1.01. The van der Waals surface area contributed by atoms with Crippen molar-refractivity contribution in [2.45, 2.75) is 18.9 Å².